The molecule has 3 N–H and O–H groups in total. The van der Waals surface area contributed by atoms with E-state index < -0.39 is 63.1 Å². The van der Waals surface area contributed by atoms with E-state index in [2.05, 4.69) is 10.6 Å². The quantitative estimate of drug-likeness (QED) is 0.326. The Kier molecular flexibility index (Phi) is 8.21. The lowest BCUT2D eigenvalue weighted by Crippen LogP contribution is -2.53. The third kappa shape index (κ3) is 7.46. The van der Waals surface area contributed by atoms with Gasteiger partial charge in [-0.1, -0.05) is 48.5 Å². The Balaban J connectivity index is 1.53. The second kappa shape index (κ2) is 11.0. The van der Waals surface area contributed by atoms with Crippen molar-refractivity contribution in [3.8, 4) is 17.2 Å². The largest absolute Gasteiger partial charge is 0.407 e. The number of nitriles is 1. The molecule has 4 rings (SSSR count). The Morgan fingerprint density at radius 2 is 1.48 bits per heavy atom. The lowest BCUT2D eigenvalue weighted by molar-refractivity contribution is -0.161. The number of nitrogens with zero attached hydrogens (tertiary/aromatic N) is 1. The summed E-state index contributed by atoms with van der Waals surface area (Å²) < 4.78 is 82.2. The van der Waals surface area contributed by atoms with Gasteiger partial charge in [0.1, 0.15) is 17.2 Å². The Morgan fingerprint density at radius 1 is 0.952 bits per heavy atom. The van der Waals surface area contributed by atoms with E-state index in [0.717, 1.165) is 20.1 Å². The molecular formula is C29H32F4N4O4S. The van der Waals surface area contributed by atoms with Crippen LogP contribution in [0.4, 0.5) is 17.6 Å². The van der Waals surface area contributed by atoms with Crippen LogP contribution in [-0.2, 0) is 25.0 Å². The third-order valence-electron chi connectivity index (χ3n) is 7.51. The van der Waals surface area contributed by atoms with Crippen LogP contribution in [0.1, 0.15) is 63.1 Å². The molecule has 2 fully saturated rings. The van der Waals surface area contributed by atoms with Crippen LogP contribution >= 0.6 is 0 Å². The molecular weight excluding hydrogens is 576 g/mol. The molecule has 0 saturated heterocycles. The fourth-order valence-electron chi connectivity index (χ4n) is 4.89. The minimum absolute atomic E-state index is 0.187. The highest BCUT2D eigenvalue weighted by Crippen LogP contribution is 2.49. The van der Waals surface area contributed by atoms with E-state index in [1.807, 2.05) is 10.8 Å². The summed E-state index contributed by atoms with van der Waals surface area (Å²) in [6.07, 6.45) is -2.72. The number of hydrogen-bond acceptors (Lipinski definition) is 6. The number of carbonyl (C=O) groups is 2. The van der Waals surface area contributed by atoms with Crippen LogP contribution in [0, 0.1) is 11.3 Å². The summed E-state index contributed by atoms with van der Waals surface area (Å²) >= 11 is 0. The zero-order chi connectivity index (χ0) is 31.1. The predicted molar refractivity (Wildman–Crippen MR) is 147 cm³/mol. The van der Waals surface area contributed by atoms with Gasteiger partial charge in [0.2, 0.25) is 21.8 Å². The molecule has 0 aromatic heterocycles. The zero-order valence-electron chi connectivity index (χ0n) is 23.3. The van der Waals surface area contributed by atoms with Gasteiger partial charge in [-0.3, -0.25) is 19.6 Å². The maximum absolute atomic E-state index is 14.5. The number of amides is 2. The molecule has 0 spiro atoms. The van der Waals surface area contributed by atoms with E-state index in [0.29, 0.717) is 42.4 Å². The van der Waals surface area contributed by atoms with Gasteiger partial charge in [-0.25, -0.2) is 12.8 Å². The Hall–Kier alpha value is -3.50. The van der Waals surface area contributed by atoms with Gasteiger partial charge < -0.3 is 5.32 Å². The molecule has 42 heavy (non-hydrogen) atoms. The fraction of sp³-hybridized carbons (Fsp3) is 0.483. The van der Waals surface area contributed by atoms with Crippen LogP contribution in [0.5, 0.6) is 0 Å². The summed E-state index contributed by atoms with van der Waals surface area (Å²) in [6, 6.07) is 10.4. The first kappa shape index (κ1) is 31.4. The molecule has 0 aliphatic heterocycles. The van der Waals surface area contributed by atoms with E-state index in [9.17, 15) is 40.8 Å². The minimum Gasteiger partial charge on any atom is -0.336 e. The third-order valence-corrected chi connectivity index (χ3v) is 8.06. The van der Waals surface area contributed by atoms with Crippen molar-refractivity contribution in [2.75, 3.05) is 6.26 Å². The van der Waals surface area contributed by atoms with Crippen molar-refractivity contribution in [2.24, 2.45) is 0 Å². The Bertz CT molecular complexity index is 1490. The standard InChI is InChI=1S/C29H32F4N4O4S/c1-26(2,30)16-22(24(38)36-27(17-34)12-13-27)35-23(29(31,32)33)20-6-4-18(5-7-20)19-8-10-21(11-9-19)28(14-15-28)25(39)37-42(3,40)41/h4-11,22-23,35H,12-16H2,1-3H3,(H,36,38)(H,37,39)/t22-,23-/m0/s1. The second-order valence-electron chi connectivity index (χ2n) is 11.8. The molecule has 8 nitrogen and oxygen atoms in total. The molecule has 2 aromatic rings. The number of alkyl halides is 4. The van der Waals surface area contributed by atoms with E-state index >= 15 is 0 Å². The van der Waals surface area contributed by atoms with Crippen molar-refractivity contribution in [3.05, 3.63) is 59.7 Å². The molecule has 0 bridgehead atoms. The molecule has 226 valence electrons. The lowest BCUT2D eigenvalue weighted by Gasteiger charge is -2.30. The molecule has 2 aromatic carbocycles. The maximum Gasteiger partial charge on any atom is 0.407 e. The van der Waals surface area contributed by atoms with E-state index in [1.54, 1.807) is 24.3 Å². The van der Waals surface area contributed by atoms with Gasteiger partial charge in [0.15, 0.2) is 0 Å². The van der Waals surface area contributed by atoms with Crippen LogP contribution in [0.3, 0.4) is 0 Å². The first-order valence-corrected chi connectivity index (χ1v) is 15.2. The number of carbonyl (C=O) groups excluding carboxylic acids is 2. The molecule has 0 heterocycles. The number of halogens is 4. The van der Waals surface area contributed by atoms with Crippen LogP contribution in [0.2, 0.25) is 0 Å². The van der Waals surface area contributed by atoms with Crippen molar-refractivity contribution < 1.29 is 35.6 Å². The van der Waals surface area contributed by atoms with Crippen molar-refractivity contribution in [1.29, 1.82) is 5.26 Å². The number of benzene rings is 2. The average Bonchev–Trinajstić information content (AvgIpc) is 3.80. The normalized spacial score (nSPS) is 18.7. The highest BCUT2D eigenvalue weighted by molar-refractivity contribution is 7.89. The SMILES string of the molecule is CC(C)(F)C[C@H](N[C@@H](c1ccc(-c2ccc(C3(C(=O)NS(C)(=O)=O)CC3)cc2)cc1)C(F)(F)F)C(=O)NC1(C#N)CC1. The molecule has 0 radical (unpaired) electrons. The maximum atomic E-state index is 14.5. The molecule has 2 saturated carbocycles. The van der Waals surface area contributed by atoms with Gasteiger partial charge in [-0.15, -0.1) is 0 Å². The summed E-state index contributed by atoms with van der Waals surface area (Å²) in [7, 11) is -3.71. The monoisotopic (exact) mass is 608 g/mol. The van der Waals surface area contributed by atoms with Gasteiger partial charge in [0.25, 0.3) is 0 Å². The number of sulfonamides is 1. The number of nitrogens with one attached hydrogen (secondary N) is 3. The van der Waals surface area contributed by atoms with E-state index in [-0.39, 0.29) is 5.56 Å². The molecule has 13 heteroatoms. The molecule has 2 amide bonds. The number of rotatable bonds is 11. The van der Waals surface area contributed by atoms with Gasteiger partial charge in [0.05, 0.1) is 23.8 Å². The van der Waals surface area contributed by atoms with Crippen LogP contribution < -0.4 is 15.4 Å². The average molecular weight is 609 g/mol. The topological polar surface area (TPSA) is 128 Å². The summed E-state index contributed by atoms with van der Waals surface area (Å²) in [6.45, 7) is 2.33. The highest BCUT2D eigenvalue weighted by Gasteiger charge is 2.52. The van der Waals surface area contributed by atoms with Crippen LogP contribution in [-0.4, -0.2) is 49.9 Å². The molecule has 0 unspecified atom stereocenters. The Morgan fingerprint density at radius 3 is 1.88 bits per heavy atom. The van der Waals surface area contributed by atoms with Gasteiger partial charge in [0, 0.05) is 6.42 Å². The predicted octanol–water partition coefficient (Wildman–Crippen LogP) is 4.33. The van der Waals surface area contributed by atoms with Crippen molar-refractivity contribution in [1.82, 2.24) is 15.4 Å². The minimum atomic E-state index is -4.82. The summed E-state index contributed by atoms with van der Waals surface area (Å²) in [4.78, 5) is 25.4. The molecule has 2 aliphatic rings. The summed E-state index contributed by atoms with van der Waals surface area (Å²) in [5.74, 6) is -1.47. The Labute approximate surface area is 241 Å². The highest BCUT2D eigenvalue weighted by atomic mass is 32.2. The molecule has 2 atom stereocenters. The van der Waals surface area contributed by atoms with Crippen molar-refractivity contribution >= 4 is 21.8 Å². The smallest absolute Gasteiger partial charge is 0.336 e. The summed E-state index contributed by atoms with van der Waals surface area (Å²) in [5, 5.41) is 14.0. The van der Waals surface area contributed by atoms with Gasteiger partial charge in [-0.2, -0.15) is 18.4 Å². The van der Waals surface area contributed by atoms with E-state index in [4.69, 9.17) is 0 Å². The second-order valence-corrected chi connectivity index (χ2v) is 13.5. The van der Waals surface area contributed by atoms with Crippen LogP contribution in [0.15, 0.2) is 48.5 Å². The first-order valence-electron chi connectivity index (χ1n) is 13.3. The fourth-order valence-corrected chi connectivity index (χ4v) is 5.43. The van der Waals surface area contributed by atoms with Crippen molar-refractivity contribution in [3.63, 3.8) is 0 Å². The first-order chi connectivity index (χ1) is 19.4. The zero-order valence-corrected chi connectivity index (χ0v) is 24.1. The van der Waals surface area contributed by atoms with Crippen molar-refractivity contribution in [2.45, 2.75) is 80.8 Å². The summed E-state index contributed by atoms with van der Waals surface area (Å²) in [5.41, 5.74) is -2.33. The molecule has 2 aliphatic carbocycles. The van der Waals surface area contributed by atoms with Gasteiger partial charge in [-0.05, 0) is 61.8 Å². The number of hydrogen-bond donors (Lipinski definition) is 3. The van der Waals surface area contributed by atoms with E-state index in [1.165, 1.54) is 24.3 Å². The van der Waals surface area contributed by atoms with Gasteiger partial charge >= 0.3 is 6.18 Å². The van der Waals surface area contributed by atoms with Crippen LogP contribution in [0.25, 0.3) is 11.1 Å². The lowest BCUT2D eigenvalue weighted by atomic mass is 9.92.